The molecule has 7 heteroatoms. The molecule has 0 aliphatic carbocycles. The lowest BCUT2D eigenvalue weighted by Gasteiger charge is -2.16. The van der Waals surface area contributed by atoms with Crippen LogP contribution in [0.15, 0.2) is 12.2 Å². The lowest BCUT2D eigenvalue weighted by molar-refractivity contribution is -0.152. The monoisotopic (exact) mass is 697 g/mol. The molecule has 0 radical (unpaired) electrons. The standard InChI is InChI=1S/C42H80O7/c1-4-6-7-8-21-26-31-39(44)40(45)32-27-22-19-24-29-34-42(47)49-36-38(43)35-48-41(46)33-28-23-18-16-14-12-10-9-11-13-15-17-20-25-30-37(3)5-2/h21,26,37-40,43-45H,4-20,22-25,27-36H2,1-3H3/b26-21-/t37?,38-,39-,40-/m1/s1. The second kappa shape index (κ2) is 36.4. The number of aliphatic hydroxyl groups excluding tert-OH is 3. The Bertz CT molecular complexity index is 755. The molecule has 0 saturated carbocycles. The third-order valence-corrected chi connectivity index (χ3v) is 9.74. The molecular formula is C42H80O7. The summed E-state index contributed by atoms with van der Waals surface area (Å²) in [6, 6.07) is 0. The molecule has 49 heavy (non-hydrogen) atoms. The SMILES string of the molecule is CCCCC/C=C\C[C@@H](O)[C@H](O)CCCCCCCC(=O)OC[C@H](O)COC(=O)CCCCCCCCCCCCCCCCC(C)CC. The average Bonchev–Trinajstić information content (AvgIpc) is 3.10. The number of unbranched alkanes of at least 4 members (excludes halogenated alkanes) is 20. The molecule has 290 valence electrons. The molecule has 0 amide bonds. The molecular weight excluding hydrogens is 616 g/mol. The van der Waals surface area contributed by atoms with Crippen molar-refractivity contribution in [2.75, 3.05) is 13.2 Å². The van der Waals surface area contributed by atoms with Gasteiger partial charge in [0.05, 0.1) is 12.2 Å². The maximum absolute atomic E-state index is 12.0. The Balaban J connectivity index is 3.52. The van der Waals surface area contributed by atoms with Crippen LogP contribution in [0.2, 0.25) is 0 Å². The normalized spacial score (nSPS) is 14.2. The van der Waals surface area contributed by atoms with Crippen LogP contribution in [0.5, 0.6) is 0 Å². The first kappa shape index (κ1) is 47.6. The van der Waals surface area contributed by atoms with E-state index in [-0.39, 0.29) is 31.6 Å². The molecule has 0 rings (SSSR count). The van der Waals surface area contributed by atoms with Gasteiger partial charge in [-0.1, -0.05) is 168 Å². The van der Waals surface area contributed by atoms with Crippen LogP contribution >= 0.6 is 0 Å². The van der Waals surface area contributed by atoms with Crippen LogP contribution in [-0.4, -0.2) is 58.8 Å². The quantitative estimate of drug-likeness (QED) is 0.0336. The van der Waals surface area contributed by atoms with Gasteiger partial charge in [0.1, 0.15) is 19.3 Å². The van der Waals surface area contributed by atoms with Gasteiger partial charge in [0.25, 0.3) is 0 Å². The predicted molar refractivity (Wildman–Crippen MR) is 203 cm³/mol. The molecule has 3 N–H and O–H groups in total. The van der Waals surface area contributed by atoms with Gasteiger partial charge in [0, 0.05) is 12.8 Å². The van der Waals surface area contributed by atoms with Crippen molar-refractivity contribution in [1.82, 2.24) is 0 Å². The van der Waals surface area contributed by atoms with E-state index in [9.17, 15) is 24.9 Å². The Hall–Kier alpha value is -1.44. The average molecular weight is 697 g/mol. The minimum atomic E-state index is -1.01. The summed E-state index contributed by atoms with van der Waals surface area (Å²) in [7, 11) is 0. The molecule has 4 atom stereocenters. The van der Waals surface area contributed by atoms with E-state index in [1.54, 1.807) is 0 Å². The number of esters is 2. The van der Waals surface area contributed by atoms with Gasteiger partial charge >= 0.3 is 11.9 Å². The molecule has 0 aromatic carbocycles. The number of carbonyl (C=O) groups excluding carboxylic acids is 2. The number of aliphatic hydroxyl groups is 3. The van der Waals surface area contributed by atoms with E-state index in [1.807, 2.05) is 6.08 Å². The van der Waals surface area contributed by atoms with Crippen molar-refractivity contribution in [3.05, 3.63) is 12.2 Å². The molecule has 7 nitrogen and oxygen atoms in total. The third kappa shape index (κ3) is 34.8. The zero-order valence-corrected chi connectivity index (χ0v) is 32.4. The zero-order valence-electron chi connectivity index (χ0n) is 32.4. The van der Waals surface area contributed by atoms with E-state index in [2.05, 4.69) is 26.8 Å². The Kier molecular flexibility index (Phi) is 35.3. The molecule has 0 fully saturated rings. The summed E-state index contributed by atoms with van der Waals surface area (Å²) in [5, 5.41) is 30.3. The second-order valence-corrected chi connectivity index (χ2v) is 14.7. The number of allylic oxidation sites excluding steroid dienone is 1. The van der Waals surface area contributed by atoms with Crippen molar-refractivity contribution in [1.29, 1.82) is 0 Å². The maximum atomic E-state index is 12.0. The van der Waals surface area contributed by atoms with E-state index in [4.69, 9.17) is 9.47 Å². The summed E-state index contributed by atoms with van der Waals surface area (Å²) < 4.78 is 10.3. The highest BCUT2D eigenvalue weighted by Crippen LogP contribution is 2.17. The lowest BCUT2D eigenvalue weighted by Crippen LogP contribution is -2.25. The first-order valence-electron chi connectivity index (χ1n) is 20.8. The number of rotatable bonds is 37. The van der Waals surface area contributed by atoms with Crippen LogP contribution < -0.4 is 0 Å². The first-order valence-corrected chi connectivity index (χ1v) is 20.8. The fourth-order valence-electron chi connectivity index (χ4n) is 6.03. The fraction of sp³-hybridized carbons (Fsp3) is 0.905. The van der Waals surface area contributed by atoms with Gasteiger partial charge in [-0.2, -0.15) is 0 Å². The zero-order chi connectivity index (χ0) is 36.2. The van der Waals surface area contributed by atoms with E-state index >= 15 is 0 Å². The molecule has 0 aromatic heterocycles. The molecule has 0 aliphatic rings. The number of ether oxygens (including phenoxy) is 2. The Morgan fingerprint density at radius 2 is 0.959 bits per heavy atom. The van der Waals surface area contributed by atoms with Crippen LogP contribution in [0, 0.1) is 5.92 Å². The second-order valence-electron chi connectivity index (χ2n) is 14.7. The van der Waals surface area contributed by atoms with E-state index in [0.29, 0.717) is 25.7 Å². The highest BCUT2D eigenvalue weighted by molar-refractivity contribution is 5.69. The topological polar surface area (TPSA) is 113 Å². The van der Waals surface area contributed by atoms with Gasteiger partial charge in [-0.15, -0.1) is 0 Å². The number of carbonyl (C=O) groups is 2. The van der Waals surface area contributed by atoms with Gasteiger partial charge in [0.2, 0.25) is 0 Å². The predicted octanol–water partition coefficient (Wildman–Crippen LogP) is 10.7. The largest absolute Gasteiger partial charge is 0.463 e. The molecule has 0 aromatic rings. The first-order chi connectivity index (χ1) is 23.8. The van der Waals surface area contributed by atoms with E-state index in [0.717, 1.165) is 57.3 Å². The number of hydrogen-bond donors (Lipinski definition) is 3. The van der Waals surface area contributed by atoms with Gasteiger partial charge < -0.3 is 24.8 Å². The van der Waals surface area contributed by atoms with Crippen LogP contribution in [0.1, 0.15) is 207 Å². The third-order valence-electron chi connectivity index (χ3n) is 9.74. The van der Waals surface area contributed by atoms with Crippen LogP contribution in [0.25, 0.3) is 0 Å². The summed E-state index contributed by atoms with van der Waals surface area (Å²) in [5.41, 5.74) is 0. The van der Waals surface area contributed by atoms with Crippen molar-refractivity contribution in [2.45, 2.75) is 225 Å². The Morgan fingerprint density at radius 3 is 1.41 bits per heavy atom. The van der Waals surface area contributed by atoms with Crippen LogP contribution in [-0.2, 0) is 19.1 Å². The Labute approximate surface area is 302 Å². The van der Waals surface area contributed by atoms with Gasteiger partial charge in [-0.3, -0.25) is 9.59 Å². The van der Waals surface area contributed by atoms with Crippen molar-refractivity contribution in [3.8, 4) is 0 Å². The maximum Gasteiger partial charge on any atom is 0.305 e. The van der Waals surface area contributed by atoms with Crippen molar-refractivity contribution in [2.24, 2.45) is 5.92 Å². The molecule has 0 saturated heterocycles. The minimum absolute atomic E-state index is 0.153. The summed E-state index contributed by atoms with van der Waals surface area (Å²) in [6.07, 6.45) is 32.9. The summed E-state index contributed by atoms with van der Waals surface area (Å²) >= 11 is 0. The van der Waals surface area contributed by atoms with Gasteiger partial charge in [-0.05, 0) is 44.4 Å². The summed E-state index contributed by atoms with van der Waals surface area (Å²) in [5.74, 6) is 0.230. The molecule has 0 aliphatic heterocycles. The van der Waals surface area contributed by atoms with Crippen LogP contribution in [0.3, 0.4) is 0 Å². The van der Waals surface area contributed by atoms with Crippen molar-refractivity contribution < 1.29 is 34.4 Å². The highest BCUT2D eigenvalue weighted by atomic mass is 16.6. The van der Waals surface area contributed by atoms with E-state index < -0.39 is 18.3 Å². The number of hydrogen-bond acceptors (Lipinski definition) is 7. The van der Waals surface area contributed by atoms with Crippen molar-refractivity contribution in [3.63, 3.8) is 0 Å². The summed E-state index contributed by atoms with van der Waals surface area (Å²) in [6.45, 7) is 6.51. The van der Waals surface area contributed by atoms with E-state index in [1.165, 1.54) is 103 Å². The fourth-order valence-corrected chi connectivity index (χ4v) is 6.03. The lowest BCUT2D eigenvalue weighted by atomic mass is 9.99. The van der Waals surface area contributed by atoms with Crippen molar-refractivity contribution >= 4 is 11.9 Å². The van der Waals surface area contributed by atoms with Gasteiger partial charge in [-0.25, -0.2) is 0 Å². The smallest absolute Gasteiger partial charge is 0.305 e. The summed E-state index contributed by atoms with van der Waals surface area (Å²) in [4.78, 5) is 24.0. The minimum Gasteiger partial charge on any atom is -0.463 e. The molecule has 0 bridgehead atoms. The highest BCUT2D eigenvalue weighted by Gasteiger charge is 2.15. The Morgan fingerprint density at radius 1 is 0.531 bits per heavy atom. The van der Waals surface area contributed by atoms with Gasteiger partial charge in [0.15, 0.2) is 0 Å². The molecule has 1 unspecified atom stereocenters. The molecule has 0 heterocycles. The van der Waals surface area contributed by atoms with Crippen LogP contribution in [0.4, 0.5) is 0 Å². The molecule has 0 spiro atoms.